The van der Waals surface area contributed by atoms with Gasteiger partial charge in [-0.25, -0.2) is 0 Å². The number of amides is 6. The van der Waals surface area contributed by atoms with Gasteiger partial charge in [0.2, 0.25) is 35.4 Å². The molecule has 6 amide bonds. The highest BCUT2D eigenvalue weighted by molar-refractivity contribution is 5.96. The second kappa shape index (κ2) is 20.6. The zero-order valence-corrected chi connectivity index (χ0v) is 24.8. The van der Waals surface area contributed by atoms with Crippen LogP contribution in [0.1, 0.15) is 80.1 Å². The molecule has 1 heterocycles. The third-order valence-corrected chi connectivity index (χ3v) is 6.87. The molecule has 0 bridgehead atoms. The van der Waals surface area contributed by atoms with Crippen molar-refractivity contribution in [2.75, 3.05) is 20.2 Å². The van der Waals surface area contributed by atoms with E-state index in [-0.39, 0.29) is 58.2 Å². The lowest BCUT2D eigenvalue weighted by atomic mass is 10.1. The molecule has 1 aliphatic rings. The number of hydroxylamine groups is 1. The van der Waals surface area contributed by atoms with Crippen LogP contribution in [0.5, 0.6) is 0 Å². The van der Waals surface area contributed by atoms with Crippen molar-refractivity contribution in [1.82, 2.24) is 37.4 Å². The lowest BCUT2D eigenvalue weighted by molar-refractivity contribution is -0.135. The van der Waals surface area contributed by atoms with Crippen LogP contribution in [0.3, 0.4) is 0 Å². The van der Waals surface area contributed by atoms with Crippen LogP contribution in [0.4, 0.5) is 0 Å². The van der Waals surface area contributed by atoms with Gasteiger partial charge in [-0.1, -0.05) is 35.1 Å². The summed E-state index contributed by atoms with van der Waals surface area (Å²) < 4.78 is 0. The van der Waals surface area contributed by atoms with Gasteiger partial charge in [-0.2, -0.15) is 5.48 Å². The van der Waals surface area contributed by atoms with Gasteiger partial charge in [0, 0.05) is 12.5 Å². The number of carbonyl (C=O) groups is 6. The average Bonchev–Trinajstić information content (AvgIpc) is 2.95. The molecule has 1 fully saturated rings. The predicted octanol–water partition coefficient (Wildman–Crippen LogP) is -1.54. The third-order valence-electron chi connectivity index (χ3n) is 6.87. The van der Waals surface area contributed by atoms with Crippen molar-refractivity contribution >= 4 is 35.4 Å². The molecule has 0 aromatic rings. The molecule has 0 radical (unpaired) electrons. The van der Waals surface area contributed by atoms with Gasteiger partial charge < -0.3 is 42.5 Å². The molecule has 0 aromatic carbocycles. The SMILES string of the molecule is C.CCC1NC(=O)CC(NC)CCCONCC(C(N)=O)NC(=O)C(CC)NC(=O)C(CC)NC(=O)C(CC)NC1=O. The topological polar surface area (TPSA) is 222 Å². The quantitative estimate of drug-likeness (QED) is 0.177. The monoisotopic (exact) mass is 600 g/mol. The van der Waals surface area contributed by atoms with E-state index in [4.69, 9.17) is 10.6 Å². The lowest BCUT2D eigenvalue weighted by Crippen LogP contribution is -2.59. The molecule has 242 valence electrons. The fourth-order valence-electron chi connectivity index (χ4n) is 4.17. The maximum absolute atomic E-state index is 13.0. The van der Waals surface area contributed by atoms with E-state index in [1.165, 1.54) is 0 Å². The average molecular weight is 601 g/mol. The van der Waals surface area contributed by atoms with E-state index >= 15 is 0 Å². The summed E-state index contributed by atoms with van der Waals surface area (Å²) in [5.74, 6) is -3.42. The van der Waals surface area contributed by atoms with Gasteiger partial charge in [0.05, 0.1) is 13.2 Å². The van der Waals surface area contributed by atoms with Gasteiger partial charge >= 0.3 is 0 Å². The minimum absolute atomic E-state index is 0. The van der Waals surface area contributed by atoms with Crippen LogP contribution in [0.2, 0.25) is 0 Å². The van der Waals surface area contributed by atoms with Crippen molar-refractivity contribution in [3.8, 4) is 0 Å². The van der Waals surface area contributed by atoms with Crippen molar-refractivity contribution in [3.63, 3.8) is 0 Å². The van der Waals surface area contributed by atoms with Gasteiger partial charge in [-0.05, 0) is 45.6 Å². The predicted molar refractivity (Wildman–Crippen MR) is 157 cm³/mol. The Hall–Kier alpha value is -3.30. The van der Waals surface area contributed by atoms with Crippen molar-refractivity contribution in [2.45, 2.75) is 116 Å². The molecular weight excluding hydrogens is 548 g/mol. The standard InChI is InChI=1S/C26H48N8O7.CH4/c1-6-16-23(37)31-17(7-2)24(38)32-18(8-3)25(39)33-19(9-4)26(40)34-20(22(27)36)14-29-41-12-10-11-15(28-5)13-21(35)30-16;/h15-20,28-29H,6-14H2,1-5H3,(H2,27,36)(H,30,35)(H,31,37)(H,32,38)(H,33,39)(H,34,40);1H4. The van der Waals surface area contributed by atoms with Crippen LogP contribution >= 0.6 is 0 Å². The molecule has 1 saturated heterocycles. The van der Waals surface area contributed by atoms with E-state index in [2.05, 4.69) is 37.4 Å². The van der Waals surface area contributed by atoms with Crippen LogP contribution in [0.15, 0.2) is 0 Å². The van der Waals surface area contributed by atoms with Gasteiger partial charge in [-0.3, -0.25) is 28.8 Å². The molecule has 0 aromatic heterocycles. The van der Waals surface area contributed by atoms with Crippen LogP contribution < -0.4 is 43.1 Å². The molecule has 0 spiro atoms. The minimum atomic E-state index is -1.11. The van der Waals surface area contributed by atoms with E-state index in [1.807, 2.05) is 0 Å². The third kappa shape index (κ3) is 13.1. The largest absolute Gasteiger partial charge is 0.368 e. The Balaban J connectivity index is 0.0000168. The van der Waals surface area contributed by atoms with Crippen molar-refractivity contribution in [1.29, 1.82) is 0 Å². The molecule has 42 heavy (non-hydrogen) atoms. The first kappa shape index (κ1) is 38.7. The highest BCUT2D eigenvalue weighted by Gasteiger charge is 2.30. The highest BCUT2D eigenvalue weighted by Crippen LogP contribution is 2.05. The molecule has 1 rings (SSSR count). The van der Waals surface area contributed by atoms with E-state index in [9.17, 15) is 28.8 Å². The molecule has 0 saturated carbocycles. The van der Waals surface area contributed by atoms with E-state index in [1.54, 1.807) is 34.7 Å². The van der Waals surface area contributed by atoms with Gasteiger partial charge in [0.1, 0.15) is 30.2 Å². The normalized spacial score (nSPS) is 28.2. The fraction of sp³-hybridized carbons (Fsp3) is 0.778. The van der Waals surface area contributed by atoms with Crippen molar-refractivity contribution in [2.24, 2.45) is 5.73 Å². The fourth-order valence-corrected chi connectivity index (χ4v) is 4.17. The molecule has 6 unspecified atom stereocenters. The maximum Gasteiger partial charge on any atom is 0.243 e. The Kier molecular flexibility index (Phi) is 18.9. The van der Waals surface area contributed by atoms with Crippen LogP contribution in [-0.4, -0.2) is 91.9 Å². The Bertz CT molecular complexity index is 904. The number of hydrogen-bond acceptors (Lipinski definition) is 9. The summed E-state index contributed by atoms with van der Waals surface area (Å²) in [5.41, 5.74) is 8.06. The van der Waals surface area contributed by atoms with Crippen molar-refractivity contribution < 1.29 is 33.6 Å². The van der Waals surface area contributed by atoms with Gasteiger partial charge in [0.25, 0.3) is 0 Å². The molecule has 0 aliphatic carbocycles. The van der Waals surface area contributed by atoms with E-state index in [0.717, 1.165) is 0 Å². The van der Waals surface area contributed by atoms with Gasteiger partial charge in [0.15, 0.2) is 0 Å². The van der Waals surface area contributed by atoms with Crippen LogP contribution in [0, 0.1) is 0 Å². The molecular formula is C27H52N8O7. The van der Waals surface area contributed by atoms with E-state index < -0.39 is 59.7 Å². The number of rotatable bonds is 6. The minimum Gasteiger partial charge on any atom is -0.368 e. The lowest BCUT2D eigenvalue weighted by Gasteiger charge is -2.26. The molecule has 9 N–H and O–H groups in total. The summed E-state index contributed by atoms with van der Waals surface area (Å²) in [6.07, 6.45) is 2.24. The number of nitrogens with one attached hydrogen (secondary N) is 7. The number of hydrogen-bond donors (Lipinski definition) is 8. The molecule has 1 aliphatic heterocycles. The van der Waals surface area contributed by atoms with Crippen LogP contribution in [-0.2, 0) is 33.6 Å². The second-order valence-corrected chi connectivity index (χ2v) is 9.93. The summed E-state index contributed by atoms with van der Waals surface area (Å²) in [4.78, 5) is 81.8. The van der Waals surface area contributed by atoms with E-state index in [0.29, 0.717) is 19.3 Å². The first-order chi connectivity index (χ1) is 19.5. The number of carbonyl (C=O) groups excluding carboxylic acids is 6. The maximum atomic E-state index is 13.0. The summed E-state index contributed by atoms with van der Waals surface area (Å²) >= 11 is 0. The summed E-state index contributed by atoms with van der Waals surface area (Å²) in [5, 5.41) is 16.2. The Morgan fingerprint density at radius 3 is 1.62 bits per heavy atom. The smallest absolute Gasteiger partial charge is 0.243 e. The Morgan fingerprint density at radius 2 is 1.21 bits per heavy atom. The summed E-state index contributed by atoms with van der Waals surface area (Å²) in [6.45, 7) is 6.98. The first-order valence-corrected chi connectivity index (χ1v) is 14.3. The molecule has 15 heteroatoms. The van der Waals surface area contributed by atoms with Crippen molar-refractivity contribution in [3.05, 3.63) is 0 Å². The second-order valence-electron chi connectivity index (χ2n) is 9.93. The Labute approximate surface area is 248 Å². The number of nitrogens with two attached hydrogens (primary N) is 1. The summed E-state index contributed by atoms with van der Waals surface area (Å²) in [6, 6.07) is -5.06. The summed E-state index contributed by atoms with van der Waals surface area (Å²) in [7, 11) is 1.73. The van der Waals surface area contributed by atoms with Crippen LogP contribution in [0.25, 0.3) is 0 Å². The highest BCUT2D eigenvalue weighted by atomic mass is 16.6. The zero-order chi connectivity index (χ0) is 30.9. The Morgan fingerprint density at radius 1 is 0.786 bits per heavy atom. The van der Waals surface area contributed by atoms with Gasteiger partial charge in [-0.15, -0.1) is 0 Å². The zero-order valence-electron chi connectivity index (χ0n) is 24.8. The molecule has 6 atom stereocenters. The number of primary amides is 1. The first-order valence-electron chi connectivity index (χ1n) is 14.3. The molecule has 15 nitrogen and oxygen atoms in total.